The minimum Gasteiger partial charge on any atom is -0.476 e. The number of rotatable bonds is 2. The maximum absolute atomic E-state index is 13.7. The van der Waals surface area contributed by atoms with Crippen molar-refractivity contribution in [3.8, 4) is 5.69 Å². The van der Waals surface area contributed by atoms with Crippen molar-refractivity contribution in [2.75, 3.05) is 0 Å². The number of halogens is 3. The van der Waals surface area contributed by atoms with E-state index in [0.717, 1.165) is 0 Å². The van der Waals surface area contributed by atoms with E-state index in [4.69, 9.17) is 16.7 Å². The highest BCUT2D eigenvalue weighted by molar-refractivity contribution is 6.30. The maximum Gasteiger partial charge on any atom is 0.356 e. The summed E-state index contributed by atoms with van der Waals surface area (Å²) in [6.07, 6.45) is 1.26. The lowest BCUT2D eigenvalue weighted by Crippen LogP contribution is -2.03. The van der Waals surface area contributed by atoms with Crippen LogP contribution in [0.4, 0.5) is 4.39 Å². The lowest BCUT2D eigenvalue weighted by molar-refractivity contribution is 0.0690. The monoisotopic (exact) mass is 290 g/mol. The van der Waals surface area contributed by atoms with Crippen molar-refractivity contribution < 1.29 is 14.3 Å². The highest BCUT2D eigenvalue weighted by Gasteiger charge is 2.16. The van der Waals surface area contributed by atoms with E-state index in [1.54, 1.807) is 13.0 Å². The van der Waals surface area contributed by atoms with Gasteiger partial charge in [-0.3, -0.25) is 4.57 Å². The quantitative estimate of drug-likeness (QED) is 0.925. The molecule has 1 aromatic heterocycles. The molecule has 0 aliphatic heterocycles. The summed E-state index contributed by atoms with van der Waals surface area (Å²) in [5.74, 6) is -1.75. The van der Waals surface area contributed by atoms with Crippen molar-refractivity contribution in [1.29, 1.82) is 0 Å². The molecule has 0 atom stereocenters. The van der Waals surface area contributed by atoms with Crippen LogP contribution in [0.5, 0.6) is 0 Å². The second-order valence-corrected chi connectivity index (χ2v) is 3.83. The fourth-order valence-electron chi connectivity index (χ4n) is 1.54. The van der Waals surface area contributed by atoms with Gasteiger partial charge in [-0.25, -0.2) is 14.2 Å². The molecule has 0 aliphatic carbocycles. The molecule has 0 spiro atoms. The molecule has 1 heterocycles. The predicted octanol–water partition coefficient (Wildman–Crippen LogP) is 3.09. The highest BCUT2D eigenvalue weighted by atomic mass is 35.5. The Morgan fingerprint density at radius 2 is 2.17 bits per heavy atom. The van der Waals surface area contributed by atoms with Gasteiger partial charge in [0.1, 0.15) is 6.33 Å². The number of carboxylic acid groups (broad SMARTS) is 1. The second kappa shape index (κ2) is 5.37. The summed E-state index contributed by atoms with van der Waals surface area (Å²) in [5, 5.41) is 8.83. The fourth-order valence-corrected chi connectivity index (χ4v) is 1.71. The summed E-state index contributed by atoms with van der Waals surface area (Å²) in [6.45, 7) is 1.55. The first-order chi connectivity index (χ1) is 8.02. The van der Waals surface area contributed by atoms with Gasteiger partial charge >= 0.3 is 5.97 Å². The molecular formula is C11H9Cl2FN2O2. The van der Waals surface area contributed by atoms with Gasteiger partial charge in [-0.2, -0.15) is 0 Å². The van der Waals surface area contributed by atoms with Crippen LogP contribution in [0.3, 0.4) is 0 Å². The van der Waals surface area contributed by atoms with E-state index in [0.29, 0.717) is 5.69 Å². The highest BCUT2D eigenvalue weighted by Crippen LogP contribution is 2.23. The van der Waals surface area contributed by atoms with E-state index in [1.807, 2.05) is 0 Å². The largest absolute Gasteiger partial charge is 0.476 e. The van der Waals surface area contributed by atoms with Crippen LogP contribution in [0.1, 0.15) is 16.2 Å². The Balaban J connectivity index is 0.00000162. The molecule has 4 nitrogen and oxygen atoms in total. The number of benzene rings is 1. The van der Waals surface area contributed by atoms with E-state index in [1.165, 1.54) is 23.0 Å². The number of imidazole rings is 1. The molecule has 0 saturated heterocycles. The van der Waals surface area contributed by atoms with Gasteiger partial charge < -0.3 is 5.11 Å². The van der Waals surface area contributed by atoms with Gasteiger partial charge in [0, 0.05) is 0 Å². The third-order valence-corrected chi connectivity index (χ3v) is 2.69. The molecule has 0 aliphatic rings. The molecule has 2 aromatic rings. The number of aromatic carboxylic acids is 1. The molecule has 0 amide bonds. The lowest BCUT2D eigenvalue weighted by atomic mass is 10.2. The topological polar surface area (TPSA) is 55.1 Å². The Morgan fingerprint density at radius 1 is 1.50 bits per heavy atom. The van der Waals surface area contributed by atoms with E-state index in [9.17, 15) is 9.18 Å². The van der Waals surface area contributed by atoms with E-state index >= 15 is 0 Å². The number of aromatic nitrogens is 2. The van der Waals surface area contributed by atoms with Crippen molar-refractivity contribution >= 4 is 30.0 Å². The maximum atomic E-state index is 13.7. The average Bonchev–Trinajstić information content (AvgIpc) is 2.64. The minimum atomic E-state index is -1.15. The zero-order valence-electron chi connectivity index (χ0n) is 9.22. The number of carbonyl (C=O) groups is 1. The molecule has 0 saturated carbocycles. The van der Waals surface area contributed by atoms with Gasteiger partial charge in [0.2, 0.25) is 0 Å². The Kier molecular flexibility index (Phi) is 4.32. The standard InChI is InChI=1S/C11H8ClFN2O2.ClH/c1-6-10(11(16)17)14-5-15(6)8-4-2-3-7(12)9(8)13;/h2-5H,1H3,(H,16,17);1H. The minimum absolute atomic E-state index is 0. The summed E-state index contributed by atoms with van der Waals surface area (Å²) in [6, 6.07) is 4.51. The summed E-state index contributed by atoms with van der Waals surface area (Å²) in [4.78, 5) is 14.5. The second-order valence-electron chi connectivity index (χ2n) is 3.43. The van der Waals surface area contributed by atoms with Crippen LogP contribution in [-0.4, -0.2) is 20.6 Å². The zero-order valence-corrected chi connectivity index (χ0v) is 10.8. The smallest absolute Gasteiger partial charge is 0.356 e. The fraction of sp³-hybridized carbons (Fsp3) is 0.0909. The van der Waals surface area contributed by atoms with Gasteiger partial charge in [-0.05, 0) is 19.1 Å². The third kappa shape index (κ3) is 2.32. The average molecular weight is 291 g/mol. The van der Waals surface area contributed by atoms with Gasteiger partial charge in [-0.1, -0.05) is 17.7 Å². The molecule has 1 N–H and O–H groups in total. The molecule has 0 bridgehead atoms. The first kappa shape index (κ1) is 14.5. The number of carboxylic acids is 1. The Hall–Kier alpha value is -1.59. The van der Waals surface area contributed by atoms with Crippen LogP contribution in [-0.2, 0) is 0 Å². The summed E-state index contributed by atoms with van der Waals surface area (Å²) in [7, 11) is 0. The molecule has 96 valence electrons. The predicted molar refractivity (Wildman–Crippen MR) is 67.5 cm³/mol. The van der Waals surface area contributed by atoms with Gasteiger partial charge in [0.15, 0.2) is 11.5 Å². The van der Waals surface area contributed by atoms with Gasteiger partial charge in [-0.15, -0.1) is 12.4 Å². The van der Waals surface area contributed by atoms with E-state index in [2.05, 4.69) is 4.98 Å². The number of nitrogens with zero attached hydrogens (tertiary/aromatic N) is 2. The van der Waals surface area contributed by atoms with Crippen molar-refractivity contribution in [2.24, 2.45) is 0 Å². The molecule has 0 radical (unpaired) electrons. The molecule has 0 fully saturated rings. The number of hydrogen-bond acceptors (Lipinski definition) is 2. The molecule has 7 heteroatoms. The van der Waals surface area contributed by atoms with Crippen LogP contribution in [0.2, 0.25) is 5.02 Å². The summed E-state index contributed by atoms with van der Waals surface area (Å²) in [5.41, 5.74) is 0.415. The summed E-state index contributed by atoms with van der Waals surface area (Å²) < 4.78 is 15.1. The normalized spacial score (nSPS) is 9.94. The molecule has 0 unspecified atom stereocenters. The van der Waals surface area contributed by atoms with Gasteiger partial charge in [0.25, 0.3) is 0 Å². The summed E-state index contributed by atoms with van der Waals surface area (Å²) >= 11 is 5.66. The van der Waals surface area contributed by atoms with Crippen LogP contribution in [0, 0.1) is 12.7 Å². The first-order valence-electron chi connectivity index (χ1n) is 4.74. The van der Waals surface area contributed by atoms with Crippen molar-refractivity contribution in [1.82, 2.24) is 9.55 Å². The van der Waals surface area contributed by atoms with Crippen molar-refractivity contribution in [3.05, 3.63) is 46.8 Å². The van der Waals surface area contributed by atoms with Gasteiger partial charge in [0.05, 0.1) is 16.4 Å². The van der Waals surface area contributed by atoms with Crippen LogP contribution >= 0.6 is 24.0 Å². The van der Waals surface area contributed by atoms with Crippen LogP contribution in [0.25, 0.3) is 5.69 Å². The molecule has 2 rings (SSSR count). The third-order valence-electron chi connectivity index (χ3n) is 2.40. The van der Waals surface area contributed by atoms with Crippen LogP contribution in [0.15, 0.2) is 24.5 Å². The molecule has 18 heavy (non-hydrogen) atoms. The first-order valence-corrected chi connectivity index (χ1v) is 5.11. The molecule has 1 aromatic carbocycles. The Morgan fingerprint density at radius 3 is 2.72 bits per heavy atom. The van der Waals surface area contributed by atoms with Crippen molar-refractivity contribution in [3.63, 3.8) is 0 Å². The Labute approximate surface area is 113 Å². The lowest BCUT2D eigenvalue weighted by Gasteiger charge is -2.07. The number of hydrogen-bond donors (Lipinski definition) is 1. The van der Waals surface area contributed by atoms with Crippen LogP contribution < -0.4 is 0 Å². The van der Waals surface area contributed by atoms with Crippen molar-refractivity contribution in [2.45, 2.75) is 6.92 Å². The Bertz CT molecular complexity index is 599. The van der Waals surface area contributed by atoms with E-state index in [-0.39, 0.29) is 28.8 Å². The SMILES string of the molecule is Cc1c(C(=O)O)ncn1-c1cccc(Cl)c1F.Cl. The zero-order chi connectivity index (χ0) is 12.6. The van der Waals surface area contributed by atoms with E-state index < -0.39 is 11.8 Å². The molecular weight excluding hydrogens is 282 g/mol.